The molecular weight excluding hydrogens is 248 g/mol. The Morgan fingerprint density at radius 2 is 1.11 bits per heavy atom. The summed E-state index contributed by atoms with van der Waals surface area (Å²) in [4.78, 5) is 28.6. The molecule has 0 rings (SSSR count). The lowest BCUT2D eigenvalue weighted by atomic mass is 10.8. The number of carbonyl (C=O) groups is 3. The highest BCUT2D eigenvalue weighted by Gasteiger charge is 1.96. The first-order chi connectivity index (χ1) is 8.31. The van der Waals surface area contributed by atoms with Crippen LogP contribution in [0.15, 0.2) is 0 Å². The van der Waals surface area contributed by atoms with Crippen LogP contribution in [0, 0.1) is 0 Å². The van der Waals surface area contributed by atoms with Gasteiger partial charge in [-0.15, -0.1) is 0 Å². The van der Waals surface area contributed by atoms with Gasteiger partial charge in [-0.1, -0.05) is 0 Å². The van der Waals surface area contributed by atoms with Gasteiger partial charge in [0.25, 0.3) is 0 Å². The molecular formula is C10H20O8. The van der Waals surface area contributed by atoms with Gasteiger partial charge in [0.1, 0.15) is 0 Å². The van der Waals surface area contributed by atoms with Gasteiger partial charge in [0, 0.05) is 6.92 Å². The van der Waals surface area contributed by atoms with Crippen LogP contribution >= 0.6 is 0 Å². The van der Waals surface area contributed by atoms with Crippen LogP contribution in [-0.4, -0.2) is 48.3 Å². The van der Waals surface area contributed by atoms with Gasteiger partial charge in [-0.05, 0) is 20.8 Å². The second-order valence-electron chi connectivity index (χ2n) is 2.32. The average Bonchev–Trinajstić information content (AvgIpc) is 2.17. The molecule has 2 N–H and O–H groups in total. The minimum absolute atomic E-state index is 0.211. The summed E-state index contributed by atoms with van der Waals surface area (Å²) < 4.78 is 13.2. The number of rotatable bonds is 3. The third-order valence-electron chi connectivity index (χ3n) is 0.872. The van der Waals surface area contributed by atoms with Gasteiger partial charge in [-0.25, -0.2) is 9.59 Å². The molecule has 0 atom stereocenters. The van der Waals surface area contributed by atoms with Crippen molar-refractivity contribution < 1.29 is 38.8 Å². The van der Waals surface area contributed by atoms with Crippen molar-refractivity contribution in [3.05, 3.63) is 0 Å². The van der Waals surface area contributed by atoms with E-state index in [9.17, 15) is 9.59 Å². The third-order valence-corrected chi connectivity index (χ3v) is 0.872. The van der Waals surface area contributed by atoms with Crippen LogP contribution in [0.2, 0.25) is 0 Å². The molecule has 0 spiro atoms. The van der Waals surface area contributed by atoms with Crippen molar-refractivity contribution in [1.82, 2.24) is 0 Å². The van der Waals surface area contributed by atoms with Crippen molar-refractivity contribution >= 4 is 18.3 Å². The van der Waals surface area contributed by atoms with E-state index in [0.29, 0.717) is 19.8 Å². The van der Waals surface area contributed by atoms with Gasteiger partial charge in [-0.2, -0.15) is 0 Å². The lowest BCUT2D eigenvalue weighted by molar-refractivity contribution is -0.140. The molecule has 0 aromatic carbocycles. The molecule has 0 aliphatic carbocycles. The molecule has 0 amide bonds. The summed E-state index contributed by atoms with van der Waals surface area (Å²) >= 11 is 0. The molecule has 0 heterocycles. The Labute approximate surface area is 105 Å². The monoisotopic (exact) mass is 268 g/mol. The minimum Gasteiger partial charge on any atom is -0.466 e. The lowest BCUT2D eigenvalue weighted by Crippen LogP contribution is -2.05. The maximum atomic E-state index is 10.2. The van der Waals surface area contributed by atoms with Gasteiger partial charge < -0.3 is 24.4 Å². The molecule has 0 saturated heterocycles. The van der Waals surface area contributed by atoms with Crippen molar-refractivity contribution in [2.75, 3.05) is 19.8 Å². The number of carbonyl (C=O) groups excluding carboxylic acids is 2. The fourth-order valence-electron chi connectivity index (χ4n) is 0.481. The fraction of sp³-hybridized carbons (Fsp3) is 0.700. The van der Waals surface area contributed by atoms with Crippen molar-refractivity contribution in [2.24, 2.45) is 0 Å². The van der Waals surface area contributed by atoms with Gasteiger partial charge in [0.2, 0.25) is 0 Å². The Hall–Kier alpha value is -1.99. The Morgan fingerprint density at radius 1 is 0.833 bits per heavy atom. The second-order valence-corrected chi connectivity index (χ2v) is 2.32. The normalized spacial score (nSPS) is 7.56. The van der Waals surface area contributed by atoms with Crippen LogP contribution in [0.5, 0.6) is 0 Å². The topological polar surface area (TPSA) is 119 Å². The summed E-state index contributed by atoms with van der Waals surface area (Å²) in [6.45, 7) is 7.87. The van der Waals surface area contributed by atoms with Crippen LogP contribution < -0.4 is 0 Å². The number of hydrogen-bond acceptors (Lipinski definition) is 6. The van der Waals surface area contributed by atoms with E-state index in [-0.39, 0.29) is 5.97 Å². The Balaban J connectivity index is -0.000000200. The van der Waals surface area contributed by atoms with Gasteiger partial charge in [-0.3, -0.25) is 4.79 Å². The van der Waals surface area contributed by atoms with Gasteiger partial charge in [0.15, 0.2) is 0 Å². The lowest BCUT2D eigenvalue weighted by Gasteiger charge is -1.98. The average molecular weight is 268 g/mol. The molecule has 0 fully saturated rings. The van der Waals surface area contributed by atoms with Crippen molar-refractivity contribution in [1.29, 1.82) is 0 Å². The molecule has 8 nitrogen and oxygen atoms in total. The highest BCUT2D eigenvalue weighted by atomic mass is 16.7. The van der Waals surface area contributed by atoms with E-state index in [0.717, 1.165) is 0 Å². The summed E-state index contributed by atoms with van der Waals surface area (Å²) in [5, 5.41) is 13.9. The molecule has 0 radical (unpaired) electrons. The van der Waals surface area contributed by atoms with E-state index in [4.69, 9.17) is 15.0 Å². The van der Waals surface area contributed by atoms with Gasteiger partial charge >= 0.3 is 18.3 Å². The molecule has 0 aliphatic heterocycles. The smallest absolute Gasteiger partial charge is 0.466 e. The van der Waals surface area contributed by atoms with Crippen molar-refractivity contribution in [3.8, 4) is 0 Å². The molecule has 0 aliphatic rings. The summed E-state index contributed by atoms with van der Waals surface area (Å²) in [5.41, 5.74) is 0. The van der Waals surface area contributed by atoms with Crippen LogP contribution in [0.1, 0.15) is 27.7 Å². The van der Waals surface area contributed by atoms with Crippen molar-refractivity contribution in [2.45, 2.75) is 27.7 Å². The molecule has 0 aromatic rings. The molecule has 108 valence electrons. The summed E-state index contributed by atoms with van der Waals surface area (Å²) in [6.07, 6.45) is -2.42. The van der Waals surface area contributed by atoms with E-state index in [1.54, 1.807) is 20.8 Å². The van der Waals surface area contributed by atoms with E-state index in [1.807, 2.05) is 0 Å². The molecule has 0 unspecified atom stereocenters. The van der Waals surface area contributed by atoms with Crippen LogP contribution in [0.25, 0.3) is 0 Å². The molecule has 0 saturated carbocycles. The summed E-state index contributed by atoms with van der Waals surface area (Å²) in [7, 11) is 0. The van der Waals surface area contributed by atoms with E-state index in [2.05, 4.69) is 14.2 Å². The number of carboxylic acid groups (broad SMARTS) is 2. The SMILES string of the molecule is CCOC(=O)OCC.CCOC(C)=O.O=C(O)O. The van der Waals surface area contributed by atoms with Crippen LogP contribution in [0.3, 0.4) is 0 Å². The molecule has 8 heteroatoms. The van der Waals surface area contributed by atoms with E-state index in [1.165, 1.54) is 6.92 Å². The molecule has 18 heavy (non-hydrogen) atoms. The number of ether oxygens (including phenoxy) is 3. The van der Waals surface area contributed by atoms with E-state index >= 15 is 0 Å². The number of hydrogen-bond donors (Lipinski definition) is 2. The first-order valence-electron chi connectivity index (χ1n) is 5.16. The van der Waals surface area contributed by atoms with Crippen LogP contribution in [-0.2, 0) is 19.0 Å². The highest BCUT2D eigenvalue weighted by molar-refractivity contribution is 5.65. The number of esters is 1. The predicted molar refractivity (Wildman–Crippen MR) is 61.6 cm³/mol. The quantitative estimate of drug-likeness (QED) is 0.745. The molecule has 0 aromatic heterocycles. The highest BCUT2D eigenvalue weighted by Crippen LogP contribution is 1.81. The maximum absolute atomic E-state index is 10.2. The maximum Gasteiger partial charge on any atom is 0.508 e. The standard InChI is InChI=1S/C5H10O3.C4H8O2.CH2O3/c1-3-7-5(6)8-4-2;1-3-6-4(2)5;2-1(3)4/h3-4H2,1-2H3;3H2,1-2H3;(H2,2,3,4). The van der Waals surface area contributed by atoms with E-state index < -0.39 is 12.3 Å². The zero-order chi connectivity index (χ0) is 15.0. The summed E-state index contributed by atoms with van der Waals surface area (Å²) in [6, 6.07) is 0. The largest absolute Gasteiger partial charge is 0.508 e. The molecule has 0 bridgehead atoms. The minimum atomic E-state index is -1.83. The summed E-state index contributed by atoms with van der Waals surface area (Å²) in [5.74, 6) is -0.211. The predicted octanol–water partition coefficient (Wildman–Crippen LogP) is 1.97. The Kier molecular flexibility index (Phi) is 20.6. The van der Waals surface area contributed by atoms with Crippen molar-refractivity contribution in [3.63, 3.8) is 0 Å². The van der Waals surface area contributed by atoms with Gasteiger partial charge in [0.05, 0.1) is 19.8 Å². The Morgan fingerprint density at radius 3 is 1.22 bits per heavy atom. The zero-order valence-corrected chi connectivity index (χ0v) is 11.0. The second kappa shape index (κ2) is 17.4. The first-order valence-corrected chi connectivity index (χ1v) is 5.16. The first kappa shape index (κ1) is 21.3. The fourth-order valence-corrected chi connectivity index (χ4v) is 0.481. The third kappa shape index (κ3) is 48.3. The zero-order valence-electron chi connectivity index (χ0n) is 11.0. The Bertz CT molecular complexity index is 214. The van der Waals surface area contributed by atoms with Crippen LogP contribution in [0.4, 0.5) is 9.59 Å².